The summed E-state index contributed by atoms with van der Waals surface area (Å²) in [4.78, 5) is 0. The first-order valence-electron chi connectivity index (χ1n) is 3.77. The van der Waals surface area contributed by atoms with Crippen LogP contribution in [0.2, 0.25) is 0 Å². The summed E-state index contributed by atoms with van der Waals surface area (Å²) in [6.45, 7) is 4.40. The van der Waals surface area contributed by atoms with E-state index >= 15 is 0 Å². The highest BCUT2D eigenvalue weighted by Gasteiger charge is 2.15. The van der Waals surface area contributed by atoms with E-state index in [4.69, 9.17) is 5.73 Å². The van der Waals surface area contributed by atoms with Gasteiger partial charge < -0.3 is 11.1 Å². The zero-order valence-corrected chi connectivity index (χ0v) is 6.06. The van der Waals surface area contributed by atoms with Crippen molar-refractivity contribution in [2.24, 2.45) is 11.7 Å². The molecule has 0 aromatic carbocycles. The van der Waals surface area contributed by atoms with E-state index in [2.05, 4.69) is 12.2 Å². The average molecular weight is 128 g/mol. The lowest BCUT2D eigenvalue weighted by Crippen LogP contribution is -2.39. The third-order valence-corrected chi connectivity index (χ3v) is 2.08. The van der Waals surface area contributed by atoms with Crippen molar-refractivity contribution in [2.75, 3.05) is 13.1 Å². The van der Waals surface area contributed by atoms with Crippen LogP contribution in [0.4, 0.5) is 0 Å². The Morgan fingerprint density at radius 2 is 2.44 bits per heavy atom. The molecule has 1 saturated heterocycles. The Balaban J connectivity index is 2.23. The maximum atomic E-state index is 5.73. The summed E-state index contributed by atoms with van der Waals surface area (Å²) in [5, 5.41) is 3.34. The molecule has 2 nitrogen and oxygen atoms in total. The molecule has 1 aliphatic heterocycles. The predicted molar refractivity (Wildman–Crippen MR) is 39.2 cm³/mol. The zero-order chi connectivity index (χ0) is 6.69. The molecule has 0 amide bonds. The highest BCUT2D eigenvalue weighted by Crippen LogP contribution is 2.11. The highest BCUT2D eigenvalue weighted by atomic mass is 14.9. The average Bonchev–Trinajstić information content (AvgIpc) is 1.90. The van der Waals surface area contributed by atoms with E-state index in [0.29, 0.717) is 6.04 Å². The topological polar surface area (TPSA) is 38.0 Å². The lowest BCUT2D eigenvalue weighted by Gasteiger charge is -2.25. The number of hydrogen-bond donors (Lipinski definition) is 2. The molecule has 9 heavy (non-hydrogen) atoms. The molecule has 0 aliphatic carbocycles. The fourth-order valence-electron chi connectivity index (χ4n) is 1.33. The van der Waals surface area contributed by atoms with Gasteiger partial charge in [-0.2, -0.15) is 0 Å². The van der Waals surface area contributed by atoms with Crippen LogP contribution in [0.25, 0.3) is 0 Å². The predicted octanol–water partition coefficient (Wildman–Crippen LogP) is 0.333. The van der Waals surface area contributed by atoms with Crippen molar-refractivity contribution in [3.63, 3.8) is 0 Å². The molecule has 0 aromatic rings. The fourth-order valence-corrected chi connectivity index (χ4v) is 1.33. The standard InChI is InChI=1S/C7H16N2/c1-6(8)7-3-2-4-9-5-7/h6-7,9H,2-5,8H2,1H3. The van der Waals surface area contributed by atoms with Crippen molar-refractivity contribution in [2.45, 2.75) is 25.8 Å². The largest absolute Gasteiger partial charge is 0.328 e. The Bertz CT molecular complexity index is 75.0. The second kappa shape index (κ2) is 3.18. The van der Waals surface area contributed by atoms with Gasteiger partial charge in [0, 0.05) is 6.04 Å². The molecule has 1 heterocycles. The second-order valence-corrected chi connectivity index (χ2v) is 2.97. The van der Waals surface area contributed by atoms with E-state index in [9.17, 15) is 0 Å². The van der Waals surface area contributed by atoms with Crippen LogP contribution in [0.15, 0.2) is 0 Å². The van der Waals surface area contributed by atoms with Crippen LogP contribution in [0.5, 0.6) is 0 Å². The third kappa shape index (κ3) is 1.95. The first kappa shape index (κ1) is 7.03. The summed E-state index contributed by atoms with van der Waals surface area (Å²) in [6, 6.07) is 0.373. The Morgan fingerprint density at radius 3 is 2.78 bits per heavy atom. The number of nitrogens with one attached hydrogen (secondary N) is 1. The van der Waals surface area contributed by atoms with E-state index < -0.39 is 0 Å². The summed E-state index contributed by atoms with van der Waals surface area (Å²) < 4.78 is 0. The van der Waals surface area contributed by atoms with E-state index in [1.165, 1.54) is 19.4 Å². The molecule has 0 radical (unpaired) electrons. The minimum Gasteiger partial charge on any atom is -0.328 e. The highest BCUT2D eigenvalue weighted by molar-refractivity contribution is 4.74. The van der Waals surface area contributed by atoms with Gasteiger partial charge in [0.15, 0.2) is 0 Å². The van der Waals surface area contributed by atoms with Crippen molar-refractivity contribution in [1.29, 1.82) is 0 Å². The molecule has 1 rings (SSSR count). The smallest absolute Gasteiger partial charge is 0.00508 e. The van der Waals surface area contributed by atoms with Gasteiger partial charge in [-0.15, -0.1) is 0 Å². The molecule has 0 aromatic heterocycles. The summed E-state index contributed by atoms with van der Waals surface area (Å²) in [5.74, 6) is 0.721. The molecule has 2 heteroatoms. The number of hydrogen-bond acceptors (Lipinski definition) is 2. The van der Waals surface area contributed by atoms with E-state index in [0.717, 1.165) is 12.5 Å². The Kier molecular flexibility index (Phi) is 2.49. The number of piperidine rings is 1. The van der Waals surface area contributed by atoms with Crippen molar-refractivity contribution < 1.29 is 0 Å². The van der Waals surface area contributed by atoms with Gasteiger partial charge in [-0.05, 0) is 38.8 Å². The van der Waals surface area contributed by atoms with Crippen LogP contribution in [0, 0.1) is 5.92 Å². The quantitative estimate of drug-likeness (QED) is 0.534. The minimum absolute atomic E-state index is 0.373. The molecule has 2 unspecified atom stereocenters. The number of nitrogens with two attached hydrogens (primary N) is 1. The summed E-state index contributed by atoms with van der Waals surface area (Å²) in [5.41, 5.74) is 5.73. The summed E-state index contributed by atoms with van der Waals surface area (Å²) in [7, 11) is 0. The second-order valence-electron chi connectivity index (χ2n) is 2.97. The van der Waals surface area contributed by atoms with Gasteiger partial charge in [-0.3, -0.25) is 0 Å². The van der Waals surface area contributed by atoms with Crippen LogP contribution in [-0.4, -0.2) is 19.1 Å². The Hall–Kier alpha value is -0.0800. The van der Waals surface area contributed by atoms with E-state index in [-0.39, 0.29) is 0 Å². The van der Waals surface area contributed by atoms with Crippen molar-refractivity contribution >= 4 is 0 Å². The van der Waals surface area contributed by atoms with Crippen molar-refractivity contribution in [1.82, 2.24) is 5.32 Å². The molecule has 2 atom stereocenters. The molecular formula is C7H16N2. The molecular weight excluding hydrogens is 112 g/mol. The van der Waals surface area contributed by atoms with Gasteiger partial charge in [-0.25, -0.2) is 0 Å². The molecule has 1 aliphatic rings. The maximum Gasteiger partial charge on any atom is 0.00508 e. The van der Waals surface area contributed by atoms with Crippen LogP contribution >= 0.6 is 0 Å². The molecule has 1 fully saturated rings. The van der Waals surface area contributed by atoms with Crippen LogP contribution in [-0.2, 0) is 0 Å². The Morgan fingerprint density at radius 1 is 1.67 bits per heavy atom. The lowest BCUT2D eigenvalue weighted by atomic mass is 9.94. The van der Waals surface area contributed by atoms with Crippen molar-refractivity contribution in [3.05, 3.63) is 0 Å². The first-order chi connectivity index (χ1) is 4.30. The van der Waals surface area contributed by atoms with E-state index in [1.54, 1.807) is 0 Å². The van der Waals surface area contributed by atoms with Crippen LogP contribution in [0.3, 0.4) is 0 Å². The molecule has 0 bridgehead atoms. The molecule has 0 spiro atoms. The van der Waals surface area contributed by atoms with Gasteiger partial charge in [0.2, 0.25) is 0 Å². The molecule has 0 saturated carbocycles. The third-order valence-electron chi connectivity index (χ3n) is 2.08. The van der Waals surface area contributed by atoms with Gasteiger partial charge in [0.25, 0.3) is 0 Å². The van der Waals surface area contributed by atoms with Crippen molar-refractivity contribution in [3.8, 4) is 0 Å². The fraction of sp³-hybridized carbons (Fsp3) is 1.00. The first-order valence-corrected chi connectivity index (χ1v) is 3.77. The Labute approximate surface area is 56.8 Å². The summed E-state index contributed by atoms with van der Waals surface area (Å²) >= 11 is 0. The zero-order valence-electron chi connectivity index (χ0n) is 6.06. The molecule has 3 N–H and O–H groups in total. The van der Waals surface area contributed by atoms with Gasteiger partial charge in [-0.1, -0.05) is 0 Å². The molecule has 54 valence electrons. The monoisotopic (exact) mass is 128 g/mol. The summed E-state index contributed by atoms with van der Waals surface area (Å²) in [6.07, 6.45) is 2.61. The van der Waals surface area contributed by atoms with Gasteiger partial charge in [0.05, 0.1) is 0 Å². The van der Waals surface area contributed by atoms with Crippen LogP contribution < -0.4 is 11.1 Å². The van der Waals surface area contributed by atoms with Gasteiger partial charge >= 0.3 is 0 Å². The lowest BCUT2D eigenvalue weighted by molar-refractivity contribution is 0.335. The SMILES string of the molecule is CC(N)C1CCCNC1. The van der Waals surface area contributed by atoms with Crippen LogP contribution in [0.1, 0.15) is 19.8 Å². The van der Waals surface area contributed by atoms with Gasteiger partial charge in [0.1, 0.15) is 0 Å². The maximum absolute atomic E-state index is 5.73. The van der Waals surface area contributed by atoms with E-state index in [1.807, 2.05) is 0 Å². The number of rotatable bonds is 1. The minimum atomic E-state index is 0.373. The normalized spacial score (nSPS) is 32.0.